The van der Waals surface area contributed by atoms with E-state index >= 15 is 0 Å². The molecule has 0 aliphatic carbocycles. The minimum absolute atomic E-state index is 0.117. The van der Waals surface area contributed by atoms with E-state index in [0.29, 0.717) is 12.1 Å². The molecule has 1 atom stereocenters. The summed E-state index contributed by atoms with van der Waals surface area (Å²) in [4.78, 5) is 24.6. The molecule has 2 N–H and O–H groups in total. The maximum atomic E-state index is 13.9. The van der Waals surface area contributed by atoms with Crippen LogP contribution in [0.15, 0.2) is 36.7 Å². The Bertz CT molecular complexity index is 844. The standard InChI is InChI=1S/C20H27FN4O3/c1-6-20(5,13-22-18(27)28-19(2,3)4)17(26)24-14-11-23-25(12-14)16-10-8-7-9-15(16)21/h7-12H,6,13H2,1-5H3,(H,22,27)(H,24,26)/t20-/m1/s1. The van der Waals surface area contributed by atoms with E-state index in [2.05, 4.69) is 15.7 Å². The predicted octanol–water partition coefficient (Wildman–Crippen LogP) is 3.89. The number of hydrogen-bond donors (Lipinski definition) is 2. The van der Waals surface area contributed by atoms with Crippen LogP contribution < -0.4 is 10.6 Å². The highest BCUT2D eigenvalue weighted by Gasteiger charge is 2.33. The van der Waals surface area contributed by atoms with Crippen LogP contribution in [0.3, 0.4) is 0 Å². The quantitative estimate of drug-likeness (QED) is 0.784. The third-order valence-corrected chi connectivity index (χ3v) is 4.29. The van der Waals surface area contributed by atoms with Gasteiger partial charge in [0.15, 0.2) is 0 Å². The number of rotatable bonds is 6. The summed E-state index contributed by atoms with van der Waals surface area (Å²) in [6, 6.07) is 6.23. The molecule has 0 saturated carbocycles. The predicted molar refractivity (Wildman–Crippen MR) is 105 cm³/mol. The van der Waals surface area contributed by atoms with Crippen molar-refractivity contribution in [1.82, 2.24) is 15.1 Å². The van der Waals surface area contributed by atoms with Gasteiger partial charge in [-0.05, 0) is 46.2 Å². The zero-order chi connectivity index (χ0) is 20.9. The largest absolute Gasteiger partial charge is 0.444 e. The van der Waals surface area contributed by atoms with Crippen molar-refractivity contribution in [2.24, 2.45) is 5.41 Å². The lowest BCUT2D eigenvalue weighted by molar-refractivity contribution is -0.124. The Morgan fingerprint density at radius 1 is 1.21 bits per heavy atom. The zero-order valence-corrected chi connectivity index (χ0v) is 16.9. The average Bonchev–Trinajstić information content (AvgIpc) is 3.06. The number of carbonyl (C=O) groups is 2. The van der Waals surface area contributed by atoms with E-state index in [0.717, 1.165) is 0 Å². The molecule has 0 unspecified atom stereocenters. The Kier molecular flexibility index (Phi) is 6.43. The molecule has 8 heteroatoms. The van der Waals surface area contributed by atoms with E-state index in [1.165, 1.54) is 23.1 Å². The molecule has 2 aromatic rings. The van der Waals surface area contributed by atoms with Gasteiger partial charge in [-0.15, -0.1) is 0 Å². The highest BCUT2D eigenvalue weighted by Crippen LogP contribution is 2.23. The zero-order valence-electron chi connectivity index (χ0n) is 16.9. The Morgan fingerprint density at radius 2 is 1.89 bits per heavy atom. The van der Waals surface area contributed by atoms with Crippen LogP contribution in [0.25, 0.3) is 5.69 Å². The van der Waals surface area contributed by atoms with Crippen molar-refractivity contribution in [2.75, 3.05) is 11.9 Å². The monoisotopic (exact) mass is 390 g/mol. The number of amides is 2. The van der Waals surface area contributed by atoms with Gasteiger partial charge >= 0.3 is 6.09 Å². The highest BCUT2D eigenvalue weighted by molar-refractivity contribution is 5.95. The summed E-state index contributed by atoms with van der Waals surface area (Å²) in [5.74, 6) is -0.692. The topological polar surface area (TPSA) is 85.2 Å². The van der Waals surface area contributed by atoms with Crippen LogP contribution in [0.2, 0.25) is 0 Å². The summed E-state index contributed by atoms with van der Waals surface area (Å²) in [6.45, 7) is 9.04. The number of halogens is 1. The molecule has 0 aliphatic rings. The van der Waals surface area contributed by atoms with Gasteiger partial charge in [-0.1, -0.05) is 19.1 Å². The summed E-state index contributed by atoms with van der Waals surface area (Å²) in [5.41, 5.74) is -0.745. The molecule has 28 heavy (non-hydrogen) atoms. The van der Waals surface area contributed by atoms with Gasteiger partial charge in [0.1, 0.15) is 17.1 Å². The van der Waals surface area contributed by atoms with Crippen LogP contribution in [-0.2, 0) is 9.53 Å². The Labute approximate surface area is 164 Å². The van der Waals surface area contributed by atoms with E-state index in [1.54, 1.807) is 45.9 Å². The number of carbonyl (C=O) groups excluding carboxylic acids is 2. The second-order valence-corrected chi connectivity index (χ2v) is 7.85. The van der Waals surface area contributed by atoms with Crippen molar-refractivity contribution >= 4 is 17.7 Å². The first kappa shape index (κ1) is 21.4. The summed E-state index contributed by atoms with van der Waals surface area (Å²) in [5, 5.41) is 9.52. The van der Waals surface area contributed by atoms with Crippen LogP contribution in [-0.4, -0.2) is 33.9 Å². The first-order chi connectivity index (χ1) is 13.0. The van der Waals surface area contributed by atoms with Gasteiger partial charge < -0.3 is 15.4 Å². The fourth-order valence-corrected chi connectivity index (χ4v) is 2.39. The summed E-state index contributed by atoms with van der Waals surface area (Å²) < 4.78 is 20.4. The average molecular weight is 390 g/mol. The first-order valence-electron chi connectivity index (χ1n) is 9.12. The third-order valence-electron chi connectivity index (χ3n) is 4.29. The summed E-state index contributed by atoms with van der Waals surface area (Å²) >= 11 is 0. The van der Waals surface area contributed by atoms with Crippen molar-refractivity contribution in [3.05, 3.63) is 42.5 Å². The smallest absolute Gasteiger partial charge is 0.407 e. The number of nitrogens with one attached hydrogen (secondary N) is 2. The van der Waals surface area contributed by atoms with Crippen LogP contribution in [0.5, 0.6) is 0 Å². The molecule has 0 radical (unpaired) electrons. The minimum Gasteiger partial charge on any atom is -0.444 e. The van der Waals surface area contributed by atoms with Gasteiger partial charge in [-0.25, -0.2) is 13.9 Å². The number of aromatic nitrogens is 2. The summed E-state index contributed by atoms with van der Waals surface area (Å²) in [6.07, 6.45) is 2.90. The number of hydrogen-bond acceptors (Lipinski definition) is 4. The first-order valence-corrected chi connectivity index (χ1v) is 9.12. The van der Waals surface area contributed by atoms with Gasteiger partial charge in [0.05, 0.1) is 23.5 Å². The fourth-order valence-electron chi connectivity index (χ4n) is 2.39. The number of para-hydroxylation sites is 1. The second kappa shape index (κ2) is 8.41. The van der Waals surface area contributed by atoms with Crippen molar-refractivity contribution in [2.45, 2.75) is 46.6 Å². The van der Waals surface area contributed by atoms with Crippen LogP contribution in [0, 0.1) is 11.2 Å². The Morgan fingerprint density at radius 3 is 2.50 bits per heavy atom. The molecule has 152 valence electrons. The second-order valence-electron chi connectivity index (χ2n) is 7.85. The van der Waals surface area contributed by atoms with Crippen LogP contribution in [0.4, 0.5) is 14.9 Å². The van der Waals surface area contributed by atoms with Crippen molar-refractivity contribution in [3.8, 4) is 5.69 Å². The molecule has 1 aromatic carbocycles. The van der Waals surface area contributed by atoms with Gasteiger partial charge in [0.2, 0.25) is 5.91 Å². The van der Waals surface area contributed by atoms with E-state index in [-0.39, 0.29) is 18.1 Å². The van der Waals surface area contributed by atoms with E-state index in [4.69, 9.17) is 4.74 Å². The molecule has 1 heterocycles. The van der Waals surface area contributed by atoms with Gasteiger partial charge in [0, 0.05) is 6.54 Å². The van der Waals surface area contributed by atoms with E-state index in [9.17, 15) is 14.0 Å². The van der Waals surface area contributed by atoms with Gasteiger partial charge in [0.25, 0.3) is 0 Å². The minimum atomic E-state index is -0.850. The highest BCUT2D eigenvalue weighted by atomic mass is 19.1. The van der Waals surface area contributed by atoms with Gasteiger partial charge in [-0.2, -0.15) is 5.10 Å². The summed E-state index contributed by atoms with van der Waals surface area (Å²) in [7, 11) is 0. The molecule has 0 spiro atoms. The Hall–Kier alpha value is -2.90. The van der Waals surface area contributed by atoms with Crippen molar-refractivity contribution in [3.63, 3.8) is 0 Å². The number of anilines is 1. The molecule has 0 bridgehead atoms. The van der Waals surface area contributed by atoms with Gasteiger partial charge in [-0.3, -0.25) is 4.79 Å². The van der Waals surface area contributed by atoms with E-state index < -0.39 is 22.9 Å². The number of benzene rings is 1. The molecular formula is C20H27FN4O3. The van der Waals surface area contributed by atoms with Crippen LogP contribution >= 0.6 is 0 Å². The molecular weight excluding hydrogens is 363 g/mol. The molecule has 0 saturated heterocycles. The maximum absolute atomic E-state index is 13.9. The Balaban J connectivity index is 2.03. The lowest BCUT2D eigenvalue weighted by Crippen LogP contribution is -2.44. The van der Waals surface area contributed by atoms with E-state index in [1.807, 2.05) is 6.92 Å². The van der Waals surface area contributed by atoms with Crippen molar-refractivity contribution in [1.29, 1.82) is 0 Å². The number of ether oxygens (including phenoxy) is 1. The molecule has 7 nitrogen and oxygen atoms in total. The van der Waals surface area contributed by atoms with Crippen LogP contribution in [0.1, 0.15) is 41.0 Å². The lowest BCUT2D eigenvalue weighted by Gasteiger charge is -2.28. The maximum Gasteiger partial charge on any atom is 0.407 e. The molecule has 1 aromatic heterocycles. The lowest BCUT2D eigenvalue weighted by atomic mass is 9.86. The molecule has 0 aliphatic heterocycles. The fraction of sp³-hybridized carbons (Fsp3) is 0.450. The number of alkyl carbamates (subject to hydrolysis) is 1. The van der Waals surface area contributed by atoms with Crippen molar-refractivity contribution < 1.29 is 18.7 Å². The number of nitrogens with zero attached hydrogens (tertiary/aromatic N) is 2. The molecule has 2 rings (SSSR count). The molecule has 2 amide bonds. The third kappa shape index (κ3) is 5.55. The molecule has 0 fully saturated rings. The normalized spacial score (nSPS) is 13.5. The SMILES string of the molecule is CC[C@](C)(CNC(=O)OC(C)(C)C)C(=O)Nc1cnn(-c2ccccc2F)c1.